The number of hydrogen-bond donors (Lipinski definition) is 0. The zero-order valence-corrected chi connectivity index (χ0v) is 27.4. The first-order chi connectivity index (χ1) is 22.2. The third kappa shape index (κ3) is 7.37. The molecule has 0 amide bonds. The molecule has 8 heteroatoms. The van der Waals surface area contributed by atoms with E-state index in [1.807, 2.05) is 60.7 Å². The van der Waals surface area contributed by atoms with E-state index in [0.717, 1.165) is 73.4 Å². The average Bonchev–Trinajstić information content (AvgIpc) is 3.32. The van der Waals surface area contributed by atoms with E-state index in [2.05, 4.69) is 48.2 Å². The van der Waals surface area contributed by atoms with Gasteiger partial charge in [-0.25, -0.2) is 9.59 Å². The minimum Gasteiger partial charge on any atom is -0.422 e. The Morgan fingerprint density at radius 2 is 1.04 bits per heavy atom. The highest BCUT2D eigenvalue weighted by Gasteiger charge is 2.27. The van der Waals surface area contributed by atoms with Gasteiger partial charge in [0.25, 0.3) is 0 Å². The molecule has 0 fully saturated rings. The SMILES string of the molecule is CN1CCc2cc(Cl)c(OC(=O)/C=C\C(=O)Oc3cc4c(cc3Cl)CCN(C)CC4c3ccccc3)cc2C(c2ccccc2)C1. The number of ether oxygens (including phenoxy) is 2. The topological polar surface area (TPSA) is 59.1 Å². The lowest BCUT2D eigenvalue weighted by Crippen LogP contribution is -2.24. The van der Waals surface area contributed by atoms with Gasteiger partial charge < -0.3 is 19.3 Å². The molecule has 236 valence electrons. The van der Waals surface area contributed by atoms with Gasteiger partial charge in [0.1, 0.15) is 11.5 Å². The van der Waals surface area contributed by atoms with Crippen molar-refractivity contribution in [2.45, 2.75) is 24.7 Å². The Morgan fingerprint density at radius 1 is 0.652 bits per heavy atom. The van der Waals surface area contributed by atoms with Crippen molar-refractivity contribution in [1.29, 1.82) is 0 Å². The minimum absolute atomic E-state index is 0.0940. The van der Waals surface area contributed by atoms with Crippen LogP contribution in [0.25, 0.3) is 0 Å². The lowest BCUT2D eigenvalue weighted by atomic mass is 9.88. The first kappa shape index (κ1) is 32.0. The fraction of sp³-hybridized carbons (Fsp3) is 0.263. The van der Waals surface area contributed by atoms with Crippen LogP contribution in [0, 0.1) is 0 Å². The first-order valence-electron chi connectivity index (χ1n) is 15.5. The van der Waals surface area contributed by atoms with E-state index < -0.39 is 11.9 Å². The molecule has 4 aromatic carbocycles. The van der Waals surface area contributed by atoms with E-state index in [4.69, 9.17) is 32.7 Å². The van der Waals surface area contributed by atoms with Crippen LogP contribution in [0.15, 0.2) is 97.1 Å². The van der Waals surface area contributed by atoms with E-state index >= 15 is 0 Å². The van der Waals surface area contributed by atoms with Crippen molar-refractivity contribution in [2.75, 3.05) is 40.3 Å². The summed E-state index contributed by atoms with van der Waals surface area (Å²) < 4.78 is 11.3. The second kappa shape index (κ2) is 14.2. The molecule has 0 saturated heterocycles. The van der Waals surface area contributed by atoms with E-state index in [0.29, 0.717) is 10.0 Å². The number of likely N-dealkylation sites (N-methyl/N-ethyl adjacent to an activating group) is 2. The third-order valence-electron chi connectivity index (χ3n) is 8.83. The van der Waals surface area contributed by atoms with Crippen LogP contribution in [0.3, 0.4) is 0 Å². The Bertz CT molecular complexity index is 1630. The van der Waals surface area contributed by atoms with Gasteiger partial charge in [-0.05, 0) is 84.6 Å². The Morgan fingerprint density at radius 3 is 1.43 bits per heavy atom. The molecule has 2 aliphatic heterocycles. The summed E-state index contributed by atoms with van der Waals surface area (Å²) in [5.74, 6) is -0.783. The van der Waals surface area contributed by atoms with Crippen molar-refractivity contribution in [2.24, 2.45) is 0 Å². The van der Waals surface area contributed by atoms with Crippen molar-refractivity contribution in [1.82, 2.24) is 9.80 Å². The van der Waals surface area contributed by atoms with Gasteiger partial charge >= 0.3 is 11.9 Å². The molecule has 0 saturated carbocycles. The number of halogens is 2. The molecule has 4 aromatic rings. The summed E-state index contributed by atoms with van der Waals surface area (Å²) in [6.45, 7) is 3.45. The summed E-state index contributed by atoms with van der Waals surface area (Å²) >= 11 is 13.2. The first-order valence-corrected chi connectivity index (χ1v) is 16.2. The van der Waals surface area contributed by atoms with E-state index in [-0.39, 0.29) is 23.3 Å². The molecule has 0 spiro atoms. The van der Waals surface area contributed by atoms with Gasteiger partial charge in [0.15, 0.2) is 0 Å². The van der Waals surface area contributed by atoms with Gasteiger partial charge in [0.05, 0.1) is 10.0 Å². The number of fused-ring (bicyclic) bond motifs is 2. The monoisotopic (exact) mass is 654 g/mol. The quantitative estimate of drug-likeness (QED) is 0.124. The molecule has 0 radical (unpaired) electrons. The largest absolute Gasteiger partial charge is 0.422 e. The maximum atomic E-state index is 12.9. The van der Waals surface area contributed by atoms with Crippen LogP contribution >= 0.6 is 23.2 Å². The Labute approximate surface area is 280 Å². The van der Waals surface area contributed by atoms with Crippen molar-refractivity contribution in [3.63, 3.8) is 0 Å². The molecule has 0 aliphatic carbocycles. The summed E-state index contributed by atoms with van der Waals surface area (Å²) in [5, 5.41) is 0.685. The number of benzene rings is 4. The number of hydrogen-bond acceptors (Lipinski definition) is 6. The molecule has 2 heterocycles. The molecule has 2 unspecified atom stereocenters. The fourth-order valence-corrected chi connectivity index (χ4v) is 6.90. The number of nitrogens with zero attached hydrogens (tertiary/aromatic N) is 2. The molecule has 6 rings (SSSR count). The summed E-state index contributed by atoms with van der Waals surface area (Å²) in [6.07, 6.45) is 3.77. The highest BCUT2D eigenvalue weighted by Crippen LogP contribution is 2.39. The molecular weight excluding hydrogens is 619 g/mol. The van der Waals surface area contributed by atoms with E-state index in [9.17, 15) is 9.59 Å². The van der Waals surface area contributed by atoms with Gasteiger partial charge in [-0.15, -0.1) is 0 Å². The van der Waals surface area contributed by atoms with Crippen LogP contribution in [-0.2, 0) is 22.4 Å². The van der Waals surface area contributed by atoms with Crippen LogP contribution in [0.1, 0.15) is 45.2 Å². The molecule has 2 atom stereocenters. The third-order valence-corrected chi connectivity index (χ3v) is 9.42. The normalized spacial score (nSPS) is 18.7. The van der Waals surface area contributed by atoms with Crippen LogP contribution in [0.4, 0.5) is 0 Å². The van der Waals surface area contributed by atoms with Gasteiger partial charge in [0, 0.05) is 50.2 Å². The maximum Gasteiger partial charge on any atom is 0.336 e. The minimum atomic E-state index is -0.735. The van der Waals surface area contributed by atoms with Crippen molar-refractivity contribution >= 4 is 35.1 Å². The van der Waals surface area contributed by atoms with E-state index in [1.54, 1.807) is 0 Å². The number of esters is 2. The van der Waals surface area contributed by atoms with Crippen LogP contribution in [0.2, 0.25) is 10.0 Å². The summed E-state index contributed by atoms with van der Waals surface area (Å²) in [6, 6.07) is 28.0. The van der Waals surface area contributed by atoms with Gasteiger partial charge in [-0.1, -0.05) is 83.9 Å². The fourth-order valence-electron chi connectivity index (χ4n) is 6.45. The standard InChI is InChI=1S/C38H36Cl2N2O4/c1-41-17-15-27-19-33(39)35(21-29(27)31(23-41)25-9-5-3-6-10-25)45-37(43)13-14-38(44)46-36-22-30-28(20-34(36)40)16-18-42(2)24-32(30)26-11-7-4-8-12-26/h3-14,19-22,31-32H,15-18,23-24H2,1-2H3/b14-13-. The highest BCUT2D eigenvalue weighted by atomic mass is 35.5. The van der Waals surface area contributed by atoms with Gasteiger partial charge in [-0.3, -0.25) is 0 Å². The van der Waals surface area contributed by atoms with Gasteiger partial charge in [-0.2, -0.15) is 0 Å². The Kier molecular flexibility index (Phi) is 9.90. The Hall–Kier alpha value is -3.94. The lowest BCUT2D eigenvalue weighted by molar-refractivity contribution is -0.131. The van der Waals surface area contributed by atoms with Crippen molar-refractivity contribution in [3.05, 3.63) is 141 Å². The van der Waals surface area contributed by atoms with Crippen LogP contribution < -0.4 is 9.47 Å². The van der Waals surface area contributed by atoms with Crippen LogP contribution in [-0.4, -0.2) is 62.0 Å². The lowest BCUT2D eigenvalue weighted by Gasteiger charge is -2.22. The molecule has 2 aliphatic rings. The molecule has 0 aromatic heterocycles. The maximum absolute atomic E-state index is 12.9. The predicted octanol–water partition coefficient (Wildman–Crippen LogP) is 7.30. The van der Waals surface area contributed by atoms with Crippen LogP contribution in [0.5, 0.6) is 11.5 Å². The second-order valence-corrected chi connectivity index (χ2v) is 12.9. The molecular formula is C38H36Cl2N2O4. The predicted molar refractivity (Wildman–Crippen MR) is 182 cm³/mol. The zero-order valence-electron chi connectivity index (χ0n) is 25.9. The summed E-state index contributed by atoms with van der Waals surface area (Å²) in [4.78, 5) is 30.3. The summed E-state index contributed by atoms with van der Waals surface area (Å²) in [5.41, 5.74) is 6.76. The summed E-state index contributed by atoms with van der Waals surface area (Å²) in [7, 11) is 4.21. The van der Waals surface area contributed by atoms with Gasteiger partial charge in [0.2, 0.25) is 0 Å². The Balaban J connectivity index is 1.18. The number of rotatable bonds is 6. The highest BCUT2D eigenvalue weighted by molar-refractivity contribution is 6.32. The second-order valence-electron chi connectivity index (χ2n) is 12.1. The molecule has 6 nitrogen and oxygen atoms in total. The van der Waals surface area contributed by atoms with E-state index in [1.165, 1.54) is 11.1 Å². The zero-order chi connectivity index (χ0) is 32.2. The number of carbonyl (C=O) groups is 2. The average molecular weight is 656 g/mol. The van der Waals surface area contributed by atoms with Crippen molar-refractivity contribution in [3.8, 4) is 11.5 Å². The van der Waals surface area contributed by atoms with Crippen molar-refractivity contribution < 1.29 is 19.1 Å². The molecule has 46 heavy (non-hydrogen) atoms. The molecule has 0 N–H and O–H groups in total. The smallest absolute Gasteiger partial charge is 0.336 e. The number of carbonyl (C=O) groups excluding carboxylic acids is 2. The molecule has 0 bridgehead atoms.